The summed E-state index contributed by atoms with van der Waals surface area (Å²) in [5.41, 5.74) is 0.905. The number of hydrogen-bond donors (Lipinski definition) is 1. The Bertz CT molecular complexity index is 432. The van der Waals surface area contributed by atoms with E-state index in [0.29, 0.717) is 6.54 Å². The maximum atomic E-state index is 5.40. The molecule has 0 aliphatic carbocycles. The SMILES string of the molecule is CCN1CCC(CNCc2nccc(OC)c2OC)CC1. The average Bonchev–Trinajstić information content (AvgIpc) is 2.55. The fourth-order valence-electron chi connectivity index (χ4n) is 2.88. The van der Waals surface area contributed by atoms with Gasteiger partial charge in [-0.15, -0.1) is 0 Å². The van der Waals surface area contributed by atoms with Crippen LogP contribution in [0.1, 0.15) is 25.5 Å². The second-order valence-electron chi connectivity index (χ2n) is 5.50. The lowest BCUT2D eigenvalue weighted by atomic mass is 9.97. The third-order valence-electron chi connectivity index (χ3n) is 4.25. The van der Waals surface area contributed by atoms with Crippen LogP contribution in [0.5, 0.6) is 11.5 Å². The highest BCUT2D eigenvalue weighted by atomic mass is 16.5. The molecule has 0 saturated carbocycles. The van der Waals surface area contributed by atoms with E-state index in [-0.39, 0.29) is 0 Å². The van der Waals surface area contributed by atoms with Crippen LogP contribution in [0.3, 0.4) is 0 Å². The van der Waals surface area contributed by atoms with Crippen LogP contribution in [0, 0.1) is 5.92 Å². The Kier molecular flexibility index (Phi) is 6.26. The summed E-state index contributed by atoms with van der Waals surface area (Å²) in [6.45, 7) is 7.62. The Labute approximate surface area is 127 Å². The first-order chi connectivity index (χ1) is 10.3. The number of pyridine rings is 1. The number of rotatable bonds is 7. The molecule has 21 heavy (non-hydrogen) atoms. The third-order valence-corrected chi connectivity index (χ3v) is 4.25. The molecule has 0 bridgehead atoms. The Morgan fingerprint density at radius 2 is 2.05 bits per heavy atom. The monoisotopic (exact) mass is 293 g/mol. The molecule has 0 radical (unpaired) electrons. The van der Waals surface area contributed by atoms with Gasteiger partial charge in [-0.3, -0.25) is 4.98 Å². The predicted octanol–water partition coefficient (Wildman–Crippen LogP) is 1.92. The minimum Gasteiger partial charge on any atom is -0.493 e. The molecule has 1 saturated heterocycles. The van der Waals surface area contributed by atoms with Gasteiger partial charge in [0.2, 0.25) is 0 Å². The van der Waals surface area contributed by atoms with E-state index in [9.17, 15) is 0 Å². The predicted molar refractivity (Wildman–Crippen MR) is 83.9 cm³/mol. The molecular weight excluding hydrogens is 266 g/mol. The van der Waals surface area contributed by atoms with Crippen LogP contribution >= 0.6 is 0 Å². The van der Waals surface area contributed by atoms with Crippen molar-refractivity contribution in [2.45, 2.75) is 26.3 Å². The second-order valence-corrected chi connectivity index (χ2v) is 5.50. The first-order valence-electron chi connectivity index (χ1n) is 7.77. The van der Waals surface area contributed by atoms with Gasteiger partial charge in [0.25, 0.3) is 0 Å². The second kappa shape index (κ2) is 8.20. The molecule has 0 unspecified atom stereocenters. The first-order valence-corrected chi connectivity index (χ1v) is 7.77. The number of aromatic nitrogens is 1. The Balaban J connectivity index is 1.81. The largest absolute Gasteiger partial charge is 0.493 e. The van der Waals surface area contributed by atoms with Gasteiger partial charge in [-0.05, 0) is 44.9 Å². The molecule has 2 rings (SSSR count). The van der Waals surface area contributed by atoms with E-state index in [4.69, 9.17) is 9.47 Å². The zero-order valence-electron chi connectivity index (χ0n) is 13.4. The molecule has 1 aliphatic heterocycles. The van der Waals surface area contributed by atoms with Crippen molar-refractivity contribution in [1.29, 1.82) is 0 Å². The molecule has 118 valence electrons. The van der Waals surface area contributed by atoms with Crippen LogP contribution in [0.4, 0.5) is 0 Å². The van der Waals surface area contributed by atoms with Gasteiger partial charge >= 0.3 is 0 Å². The number of hydrogen-bond acceptors (Lipinski definition) is 5. The molecule has 0 atom stereocenters. The molecule has 1 aromatic heterocycles. The molecule has 1 fully saturated rings. The summed E-state index contributed by atoms with van der Waals surface area (Å²) in [4.78, 5) is 6.91. The van der Waals surface area contributed by atoms with Crippen molar-refractivity contribution in [1.82, 2.24) is 15.2 Å². The van der Waals surface area contributed by atoms with Gasteiger partial charge in [0, 0.05) is 18.8 Å². The number of piperidine rings is 1. The minimum absolute atomic E-state index is 0.717. The van der Waals surface area contributed by atoms with Crippen molar-refractivity contribution in [2.75, 3.05) is 40.4 Å². The van der Waals surface area contributed by atoms with Crippen molar-refractivity contribution in [3.63, 3.8) is 0 Å². The maximum absolute atomic E-state index is 5.40. The molecule has 1 N–H and O–H groups in total. The number of nitrogens with zero attached hydrogens (tertiary/aromatic N) is 2. The summed E-state index contributed by atoms with van der Waals surface area (Å²) in [5, 5.41) is 3.51. The first kappa shape index (κ1) is 16.0. The third kappa shape index (κ3) is 4.32. The molecule has 0 aromatic carbocycles. The van der Waals surface area contributed by atoms with E-state index in [2.05, 4.69) is 22.1 Å². The fraction of sp³-hybridized carbons (Fsp3) is 0.688. The number of nitrogens with one attached hydrogen (secondary N) is 1. The van der Waals surface area contributed by atoms with Crippen LogP contribution in [-0.2, 0) is 6.54 Å². The standard InChI is InChI=1S/C16H27N3O2/c1-4-19-9-6-13(7-10-19)11-17-12-14-16(21-3)15(20-2)5-8-18-14/h5,8,13,17H,4,6-7,9-12H2,1-3H3. The maximum Gasteiger partial charge on any atom is 0.183 e. The average molecular weight is 293 g/mol. The number of ether oxygens (including phenoxy) is 2. The van der Waals surface area contributed by atoms with Gasteiger partial charge in [0.1, 0.15) is 0 Å². The lowest BCUT2D eigenvalue weighted by molar-refractivity contribution is 0.190. The molecule has 2 heterocycles. The van der Waals surface area contributed by atoms with Crippen molar-refractivity contribution >= 4 is 0 Å². The van der Waals surface area contributed by atoms with Crippen molar-refractivity contribution < 1.29 is 9.47 Å². The van der Waals surface area contributed by atoms with Gasteiger partial charge < -0.3 is 19.7 Å². The van der Waals surface area contributed by atoms with Gasteiger partial charge in [0.15, 0.2) is 11.5 Å². The van der Waals surface area contributed by atoms with Crippen LogP contribution in [0.2, 0.25) is 0 Å². The summed E-state index contributed by atoms with van der Waals surface area (Å²) >= 11 is 0. The van der Waals surface area contributed by atoms with Crippen LogP contribution < -0.4 is 14.8 Å². The van der Waals surface area contributed by atoms with Gasteiger partial charge in [-0.2, -0.15) is 0 Å². The summed E-state index contributed by atoms with van der Waals surface area (Å²) in [7, 11) is 3.31. The highest BCUT2D eigenvalue weighted by molar-refractivity contribution is 5.42. The minimum atomic E-state index is 0.717. The van der Waals surface area contributed by atoms with E-state index < -0.39 is 0 Å². The molecule has 1 aliphatic rings. The highest BCUT2D eigenvalue weighted by Crippen LogP contribution is 2.28. The molecule has 0 amide bonds. The van der Waals surface area contributed by atoms with Crippen molar-refractivity contribution in [3.05, 3.63) is 18.0 Å². The number of likely N-dealkylation sites (tertiary alicyclic amines) is 1. The molecule has 5 heteroatoms. The van der Waals surface area contributed by atoms with Crippen molar-refractivity contribution in [2.24, 2.45) is 5.92 Å². The van der Waals surface area contributed by atoms with Crippen molar-refractivity contribution in [3.8, 4) is 11.5 Å². The van der Waals surface area contributed by atoms with E-state index in [0.717, 1.165) is 29.7 Å². The summed E-state index contributed by atoms with van der Waals surface area (Å²) in [6, 6.07) is 1.82. The summed E-state index contributed by atoms with van der Waals surface area (Å²) in [6.07, 6.45) is 4.32. The highest BCUT2D eigenvalue weighted by Gasteiger charge is 2.18. The molecular formula is C16H27N3O2. The summed E-state index contributed by atoms with van der Waals surface area (Å²) < 4.78 is 10.7. The van der Waals surface area contributed by atoms with Crippen LogP contribution in [0.15, 0.2) is 12.3 Å². The smallest absolute Gasteiger partial charge is 0.183 e. The molecule has 1 aromatic rings. The lowest BCUT2D eigenvalue weighted by Crippen LogP contribution is -2.37. The quantitative estimate of drug-likeness (QED) is 0.832. The van der Waals surface area contributed by atoms with E-state index in [1.54, 1.807) is 20.4 Å². The van der Waals surface area contributed by atoms with E-state index >= 15 is 0 Å². The van der Waals surface area contributed by atoms with Crippen LogP contribution in [0.25, 0.3) is 0 Å². The zero-order valence-corrected chi connectivity index (χ0v) is 13.4. The van der Waals surface area contributed by atoms with Gasteiger partial charge in [0.05, 0.1) is 19.9 Å². The zero-order chi connectivity index (χ0) is 15.1. The topological polar surface area (TPSA) is 46.6 Å². The Morgan fingerprint density at radius 1 is 1.29 bits per heavy atom. The summed E-state index contributed by atoms with van der Waals surface area (Å²) in [5.74, 6) is 2.23. The van der Waals surface area contributed by atoms with E-state index in [1.807, 2.05) is 6.07 Å². The molecule has 5 nitrogen and oxygen atoms in total. The molecule has 0 spiro atoms. The van der Waals surface area contributed by atoms with Gasteiger partial charge in [-0.1, -0.05) is 6.92 Å². The number of methoxy groups -OCH3 is 2. The van der Waals surface area contributed by atoms with E-state index in [1.165, 1.54) is 32.5 Å². The van der Waals surface area contributed by atoms with Gasteiger partial charge in [-0.25, -0.2) is 0 Å². The van der Waals surface area contributed by atoms with Crippen LogP contribution in [-0.4, -0.2) is 50.3 Å². The Hall–Kier alpha value is -1.33. The normalized spacial score (nSPS) is 16.9. The lowest BCUT2D eigenvalue weighted by Gasteiger charge is -2.31. The Morgan fingerprint density at radius 3 is 2.67 bits per heavy atom. The fourth-order valence-corrected chi connectivity index (χ4v) is 2.88.